The van der Waals surface area contributed by atoms with Crippen molar-refractivity contribution >= 4 is 11.5 Å². The van der Waals surface area contributed by atoms with Gasteiger partial charge in [0.2, 0.25) is 0 Å². The molecule has 0 saturated carbocycles. The fourth-order valence-corrected chi connectivity index (χ4v) is 1.68. The van der Waals surface area contributed by atoms with Gasteiger partial charge in [0.15, 0.2) is 11.5 Å². The van der Waals surface area contributed by atoms with Crippen molar-refractivity contribution in [2.24, 2.45) is 0 Å². The van der Waals surface area contributed by atoms with Crippen LogP contribution in [-0.4, -0.2) is 26.8 Å². The van der Waals surface area contributed by atoms with Gasteiger partial charge in [-0.2, -0.15) is 0 Å². The van der Waals surface area contributed by atoms with Crippen LogP contribution in [0.4, 0.5) is 0 Å². The molecule has 0 saturated heterocycles. The summed E-state index contributed by atoms with van der Waals surface area (Å²) in [6.45, 7) is 5.80. The van der Waals surface area contributed by atoms with Crippen LogP contribution in [0, 0.1) is 0 Å². The molecule has 0 heterocycles. The van der Waals surface area contributed by atoms with Crippen molar-refractivity contribution in [3.8, 4) is 11.5 Å². The Balaban J connectivity index is 3.15. The van der Waals surface area contributed by atoms with Gasteiger partial charge in [-0.15, -0.1) is 0 Å². The van der Waals surface area contributed by atoms with Crippen molar-refractivity contribution in [1.82, 2.24) is 0 Å². The van der Waals surface area contributed by atoms with Crippen LogP contribution in [0.2, 0.25) is 0 Å². The number of esters is 1. The van der Waals surface area contributed by atoms with E-state index in [1.807, 2.05) is 25.1 Å². The summed E-state index contributed by atoms with van der Waals surface area (Å²) < 4.78 is 15.4. The molecule has 0 aromatic heterocycles. The average molecular weight is 264 g/mol. The number of ether oxygens (including phenoxy) is 3. The molecular formula is C15H20O4. The summed E-state index contributed by atoms with van der Waals surface area (Å²) in [5.74, 6) is 0.999. The molecule has 104 valence electrons. The molecule has 0 amide bonds. The highest BCUT2D eigenvalue weighted by Crippen LogP contribution is 2.31. The molecule has 1 aromatic rings. The number of allylic oxidation sites excluding steroid dienone is 1. The van der Waals surface area contributed by atoms with Gasteiger partial charge in [-0.05, 0) is 44.0 Å². The maximum absolute atomic E-state index is 11.7. The molecule has 0 spiro atoms. The van der Waals surface area contributed by atoms with E-state index in [1.165, 1.54) is 0 Å². The summed E-state index contributed by atoms with van der Waals surface area (Å²) in [7, 11) is 3.17. The fourth-order valence-electron chi connectivity index (χ4n) is 1.68. The van der Waals surface area contributed by atoms with E-state index < -0.39 is 0 Å². The summed E-state index contributed by atoms with van der Waals surface area (Å²) in [6, 6.07) is 5.55. The fraction of sp³-hybridized carbons (Fsp3) is 0.400. The van der Waals surface area contributed by atoms with Crippen molar-refractivity contribution in [2.75, 3.05) is 20.8 Å². The smallest absolute Gasteiger partial charge is 0.333 e. The molecule has 0 radical (unpaired) electrons. The van der Waals surface area contributed by atoms with Gasteiger partial charge >= 0.3 is 5.97 Å². The Morgan fingerprint density at radius 3 is 2.26 bits per heavy atom. The lowest BCUT2D eigenvalue weighted by atomic mass is 10.0. The number of methoxy groups -OCH3 is 2. The quantitative estimate of drug-likeness (QED) is 0.605. The third-order valence-electron chi connectivity index (χ3n) is 2.96. The molecule has 0 fully saturated rings. The molecule has 1 rings (SSSR count). The second-order valence-electron chi connectivity index (χ2n) is 4.04. The zero-order valence-corrected chi connectivity index (χ0v) is 12.1. The number of carbonyl (C=O) groups excluding carboxylic acids is 1. The SMILES string of the molecule is CCOC(=O)/C(C)=C(/C)c1ccc(OC)c(OC)c1. The Kier molecular flexibility index (Phi) is 5.42. The number of rotatable bonds is 5. The van der Waals surface area contributed by atoms with Crippen molar-refractivity contribution in [2.45, 2.75) is 20.8 Å². The van der Waals surface area contributed by atoms with Crippen LogP contribution in [-0.2, 0) is 9.53 Å². The topological polar surface area (TPSA) is 44.8 Å². The Labute approximate surface area is 114 Å². The van der Waals surface area contributed by atoms with E-state index in [4.69, 9.17) is 14.2 Å². The van der Waals surface area contributed by atoms with E-state index in [1.54, 1.807) is 28.1 Å². The minimum Gasteiger partial charge on any atom is -0.493 e. The molecule has 0 N–H and O–H groups in total. The van der Waals surface area contributed by atoms with E-state index in [-0.39, 0.29) is 5.97 Å². The van der Waals surface area contributed by atoms with E-state index in [9.17, 15) is 4.79 Å². The highest BCUT2D eigenvalue weighted by molar-refractivity contribution is 5.96. The van der Waals surface area contributed by atoms with Crippen LogP contribution in [0.15, 0.2) is 23.8 Å². The third kappa shape index (κ3) is 3.50. The first-order valence-corrected chi connectivity index (χ1v) is 6.12. The highest BCUT2D eigenvalue weighted by atomic mass is 16.5. The lowest BCUT2D eigenvalue weighted by Gasteiger charge is -2.11. The van der Waals surface area contributed by atoms with Crippen LogP contribution in [0.5, 0.6) is 11.5 Å². The predicted molar refractivity (Wildman–Crippen MR) is 74.4 cm³/mol. The lowest BCUT2D eigenvalue weighted by molar-refractivity contribution is -0.138. The van der Waals surface area contributed by atoms with Crippen molar-refractivity contribution < 1.29 is 19.0 Å². The maximum Gasteiger partial charge on any atom is 0.333 e. The van der Waals surface area contributed by atoms with Gasteiger partial charge < -0.3 is 14.2 Å². The van der Waals surface area contributed by atoms with E-state index >= 15 is 0 Å². The predicted octanol–water partition coefficient (Wildman–Crippen LogP) is 3.06. The highest BCUT2D eigenvalue weighted by Gasteiger charge is 2.12. The largest absolute Gasteiger partial charge is 0.493 e. The second-order valence-corrected chi connectivity index (χ2v) is 4.04. The first-order valence-electron chi connectivity index (χ1n) is 6.12. The van der Waals surface area contributed by atoms with Gasteiger partial charge in [0, 0.05) is 5.57 Å². The Bertz CT molecular complexity index is 489. The molecule has 0 aliphatic heterocycles. The number of carbonyl (C=O) groups is 1. The van der Waals surface area contributed by atoms with Gasteiger partial charge in [-0.3, -0.25) is 0 Å². The zero-order chi connectivity index (χ0) is 14.4. The molecule has 0 atom stereocenters. The van der Waals surface area contributed by atoms with Gasteiger partial charge in [0.25, 0.3) is 0 Å². The third-order valence-corrected chi connectivity index (χ3v) is 2.96. The Hall–Kier alpha value is -1.97. The minimum atomic E-state index is -0.296. The standard InChI is InChI=1S/C15H20O4/c1-6-19-15(16)11(3)10(2)12-7-8-13(17-4)14(9-12)18-5/h7-9H,6H2,1-5H3/b11-10-. The Morgan fingerprint density at radius 2 is 1.74 bits per heavy atom. The number of hydrogen-bond acceptors (Lipinski definition) is 4. The van der Waals surface area contributed by atoms with Crippen molar-refractivity contribution in [3.63, 3.8) is 0 Å². The van der Waals surface area contributed by atoms with Crippen LogP contribution < -0.4 is 9.47 Å². The Morgan fingerprint density at radius 1 is 1.11 bits per heavy atom. The summed E-state index contributed by atoms with van der Waals surface area (Å²) in [5, 5.41) is 0. The lowest BCUT2D eigenvalue weighted by Crippen LogP contribution is -2.06. The molecule has 0 aliphatic rings. The molecule has 19 heavy (non-hydrogen) atoms. The van der Waals surface area contributed by atoms with Gasteiger partial charge in [-0.1, -0.05) is 6.07 Å². The monoisotopic (exact) mass is 264 g/mol. The molecule has 0 bridgehead atoms. The normalized spacial score (nSPS) is 11.6. The molecule has 1 aromatic carbocycles. The summed E-state index contributed by atoms with van der Waals surface area (Å²) in [6.07, 6.45) is 0. The summed E-state index contributed by atoms with van der Waals surface area (Å²) in [4.78, 5) is 11.7. The molecule has 0 unspecified atom stereocenters. The van der Waals surface area contributed by atoms with Crippen molar-refractivity contribution in [3.05, 3.63) is 29.3 Å². The van der Waals surface area contributed by atoms with E-state index in [2.05, 4.69) is 0 Å². The second kappa shape index (κ2) is 6.83. The number of hydrogen-bond donors (Lipinski definition) is 0. The maximum atomic E-state index is 11.7. The molecule has 4 heteroatoms. The number of benzene rings is 1. The van der Waals surface area contributed by atoms with Gasteiger partial charge in [0.1, 0.15) is 0 Å². The van der Waals surface area contributed by atoms with E-state index in [0.717, 1.165) is 11.1 Å². The first-order chi connectivity index (χ1) is 9.04. The summed E-state index contributed by atoms with van der Waals surface area (Å²) >= 11 is 0. The molecule has 4 nitrogen and oxygen atoms in total. The summed E-state index contributed by atoms with van der Waals surface area (Å²) in [5.41, 5.74) is 2.36. The van der Waals surface area contributed by atoms with Crippen molar-refractivity contribution in [1.29, 1.82) is 0 Å². The van der Waals surface area contributed by atoms with Gasteiger partial charge in [-0.25, -0.2) is 4.79 Å². The average Bonchev–Trinajstić information content (AvgIpc) is 2.45. The van der Waals surface area contributed by atoms with Crippen LogP contribution in [0.1, 0.15) is 26.3 Å². The minimum absolute atomic E-state index is 0.296. The zero-order valence-electron chi connectivity index (χ0n) is 12.1. The molecule has 0 aliphatic carbocycles. The van der Waals surface area contributed by atoms with Crippen LogP contribution in [0.3, 0.4) is 0 Å². The molecular weight excluding hydrogens is 244 g/mol. The first kappa shape index (κ1) is 15.1. The van der Waals surface area contributed by atoms with E-state index in [0.29, 0.717) is 23.7 Å². The van der Waals surface area contributed by atoms with Crippen LogP contribution >= 0.6 is 0 Å². The van der Waals surface area contributed by atoms with Gasteiger partial charge in [0.05, 0.1) is 20.8 Å². The van der Waals surface area contributed by atoms with Crippen LogP contribution in [0.25, 0.3) is 5.57 Å².